The van der Waals surface area contributed by atoms with Gasteiger partial charge in [0.15, 0.2) is 0 Å². The van der Waals surface area contributed by atoms with Crippen LogP contribution in [0.3, 0.4) is 0 Å². The van der Waals surface area contributed by atoms with Gasteiger partial charge in [-0.15, -0.1) is 0 Å². The molecule has 0 aliphatic carbocycles. The summed E-state index contributed by atoms with van der Waals surface area (Å²) in [6, 6.07) is 4.14. The number of hydrogen-bond acceptors (Lipinski definition) is 4. The molecule has 1 aliphatic heterocycles. The maximum Gasteiger partial charge on any atom is 0.410 e. The molecule has 0 unspecified atom stereocenters. The summed E-state index contributed by atoms with van der Waals surface area (Å²) < 4.78 is 20.5. The predicted octanol–water partition coefficient (Wildman–Crippen LogP) is 4.72. The molecule has 3 amide bonds. The summed E-state index contributed by atoms with van der Waals surface area (Å²) in [5.41, 5.74) is -1.19. The molecule has 0 spiro atoms. The molecule has 0 aromatic heterocycles. The van der Waals surface area contributed by atoms with E-state index in [1.165, 1.54) is 18.2 Å². The Morgan fingerprint density at radius 2 is 1.74 bits per heavy atom. The summed E-state index contributed by atoms with van der Waals surface area (Å²) in [6.07, 6.45) is 7.07. The van der Waals surface area contributed by atoms with Crippen molar-refractivity contribution >= 4 is 17.9 Å². The number of piperidine rings is 1. The molecule has 1 heterocycles. The number of likely N-dealkylation sites (tertiary alicyclic amines) is 1. The molecule has 184 valence electrons. The highest BCUT2D eigenvalue weighted by Crippen LogP contribution is 2.24. The lowest BCUT2D eigenvalue weighted by atomic mass is 9.89. The van der Waals surface area contributed by atoms with Gasteiger partial charge in [-0.05, 0) is 65.7 Å². The average molecular weight is 472 g/mol. The summed E-state index contributed by atoms with van der Waals surface area (Å²) in [4.78, 5) is 39.4. The fourth-order valence-corrected chi connectivity index (χ4v) is 3.44. The van der Waals surface area contributed by atoms with Crippen molar-refractivity contribution in [3.63, 3.8) is 0 Å². The Morgan fingerprint density at radius 1 is 1.15 bits per heavy atom. The van der Waals surface area contributed by atoms with Crippen LogP contribution < -0.4 is 10.6 Å². The number of nitrogens with one attached hydrogen (secondary N) is 2. The first-order valence-corrected chi connectivity index (χ1v) is 11.2. The quantitative estimate of drug-likeness (QED) is 0.588. The summed E-state index contributed by atoms with van der Waals surface area (Å²) in [5, 5.41) is 5.49. The van der Waals surface area contributed by atoms with Crippen LogP contribution in [0.15, 0.2) is 54.8 Å². The first kappa shape index (κ1) is 26.8. The molecular formula is C26H34FN3O4. The topological polar surface area (TPSA) is 87.7 Å². The maximum atomic E-state index is 15.1. The molecule has 0 bridgehead atoms. The fourth-order valence-electron chi connectivity index (χ4n) is 3.44. The van der Waals surface area contributed by atoms with Crippen LogP contribution in [0.1, 0.15) is 68.2 Å². The first-order chi connectivity index (χ1) is 15.9. The number of amides is 3. The van der Waals surface area contributed by atoms with Crippen molar-refractivity contribution in [1.82, 2.24) is 15.5 Å². The zero-order chi connectivity index (χ0) is 25.5. The van der Waals surface area contributed by atoms with Crippen molar-refractivity contribution in [2.24, 2.45) is 0 Å². The number of hydrogen-bond donors (Lipinski definition) is 2. The van der Waals surface area contributed by atoms with Crippen molar-refractivity contribution < 1.29 is 23.5 Å². The predicted molar refractivity (Wildman–Crippen MR) is 130 cm³/mol. The van der Waals surface area contributed by atoms with Gasteiger partial charge in [0, 0.05) is 24.3 Å². The van der Waals surface area contributed by atoms with Gasteiger partial charge in [-0.1, -0.05) is 30.9 Å². The Morgan fingerprint density at radius 3 is 2.26 bits per heavy atom. The van der Waals surface area contributed by atoms with Crippen LogP contribution in [-0.4, -0.2) is 47.0 Å². The van der Waals surface area contributed by atoms with Crippen LogP contribution in [0.2, 0.25) is 0 Å². The van der Waals surface area contributed by atoms with E-state index in [9.17, 15) is 14.4 Å². The molecule has 8 heteroatoms. The Kier molecular flexibility index (Phi) is 8.79. The van der Waals surface area contributed by atoms with E-state index in [1.807, 2.05) is 6.92 Å². The largest absolute Gasteiger partial charge is 0.444 e. The van der Waals surface area contributed by atoms with Gasteiger partial charge in [0.25, 0.3) is 11.8 Å². The number of rotatable bonds is 6. The number of carbonyl (C=O) groups is 3. The van der Waals surface area contributed by atoms with Crippen LogP contribution in [0.4, 0.5) is 9.18 Å². The van der Waals surface area contributed by atoms with Crippen LogP contribution >= 0.6 is 0 Å². The molecule has 34 heavy (non-hydrogen) atoms. The van der Waals surface area contributed by atoms with Crippen LogP contribution in [0, 0.1) is 5.82 Å². The first-order valence-electron chi connectivity index (χ1n) is 11.2. The van der Waals surface area contributed by atoms with E-state index >= 15 is 4.39 Å². The van der Waals surface area contributed by atoms with Gasteiger partial charge in [-0.3, -0.25) is 9.59 Å². The van der Waals surface area contributed by atoms with E-state index in [2.05, 4.69) is 17.2 Å². The van der Waals surface area contributed by atoms with E-state index in [0.29, 0.717) is 31.6 Å². The van der Waals surface area contributed by atoms with E-state index in [0.717, 1.165) is 0 Å². The lowest BCUT2D eigenvalue weighted by Gasteiger charge is -2.40. The lowest BCUT2D eigenvalue weighted by Crippen LogP contribution is -2.55. The van der Waals surface area contributed by atoms with E-state index in [1.54, 1.807) is 56.9 Å². The van der Waals surface area contributed by atoms with Gasteiger partial charge in [0.1, 0.15) is 11.4 Å². The number of benzene rings is 1. The standard InChI is InChI=1S/C26H34FN3O4/c1-7-9-11-18(8-2)28-22(31)19-12-10-13-20(21(19)27)23(32)29-26(6)14-16-30(17-15-26)24(33)34-25(3,4)5/h7-13H,1,14-17H2,2-6H3,(H,28,31)(H,29,32)/b11-9-,18-8+. The third kappa shape index (κ3) is 7.30. The third-order valence-corrected chi connectivity index (χ3v) is 5.40. The summed E-state index contributed by atoms with van der Waals surface area (Å²) in [7, 11) is 0. The minimum atomic E-state index is -0.893. The highest BCUT2D eigenvalue weighted by atomic mass is 19.1. The van der Waals surface area contributed by atoms with Crippen LogP contribution in [0.25, 0.3) is 0 Å². The zero-order valence-corrected chi connectivity index (χ0v) is 20.5. The second-order valence-corrected chi connectivity index (χ2v) is 9.44. The zero-order valence-electron chi connectivity index (χ0n) is 20.5. The number of halogens is 1. The molecule has 0 atom stereocenters. The average Bonchev–Trinajstić information content (AvgIpc) is 2.75. The minimum Gasteiger partial charge on any atom is -0.444 e. The molecule has 0 radical (unpaired) electrons. The van der Waals surface area contributed by atoms with E-state index in [-0.39, 0.29) is 11.1 Å². The highest BCUT2D eigenvalue weighted by molar-refractivity contribution is 6.01. The summed E-state index contributed by atoms with van der Waals surface area (Å²) >= 11 is 0. The molecule has 1 saturated heterocycles. The Balaban J connectivity index is 2.08. The molecule has 1 aromatic carbocycles. The lowest BCUT2D eigenvalue weighted by molar-refractivity contribution is 0.0160. The second kappa shape index (κ2) is 11.1. The monoisotopic (exact) mass is 471 g/mol. The Hall–Kier alpha value is -3.42. The molecule has 1 aromatic rings. The maximum absolute atomic E-state index is 15.1. The van der Waals surface area contributed by atoms with Gasteiger partial charge in [0.05, 0.1) is 11.1 Å². The van der Waals surface area contributed by atoms with Gasteiger partial charge in [-0.2, -0.15) is 0 Å². The SMILES string of the molecule is C=C/C=C\C(=C/C)NC(=O)c1cccc(C(=O)NC2(C)CCN(C(=O)OC(C)(C)C)CC2)c1F. The number of ether oxygens (including phenoxy) is 1. The van der Waals surface area contributed by atoms with Crippen molar-refractivity contribution in [3.05, 3.63) is 71.7 Å². The molecular weight excluding hydrogens is 437 g/mol. The Bertz CT molecular complexity index is 1000. The van der Waals surface area contributed by atoms with Gasteiger partial charge in [-0.25, -0.2) is 9.18 Å². The number of allylic oxidation sites excluding steroid dienone is 4. The molecule has 0 saturated carbocycles. The smallest absolute Gasteiger partial charge is 0.410 e. The van der Waals surface area contributed by atoms with Gasteiger partial charge in [0.2, 0.25) is 0 Å². The van der Waals surface area contributed by atoms with Crippen molar-refractivity contribution in [2.45, 2.75) is 58.6 Å². The van der Waals surface area contributed by atoms with Crippen molar-refractivity contribution in [3.8, 4) is 0 Å². The van der Waals surface area contributed by atoms with Crippen LogP contribution in [0.5, 0.6) is 0 Å². The molecule has 7 nitrogen and oxygen atoms in total. The number of carbonyl (C=O) groups excluding carboxylic acids is 3. The fraction of sp³-hybridized carbons (Fsp3) is 0.423. The number of nitrogens with zero attached hydrogens (tertiary/aromatic N) is 1. The second-order valence-electron chi connectivity index (χ2n) is 9.44. The molecule has 1 fully saturated rings. The van der Waals surface area contributed by atoms with Crippen molar-refractivity contribution in [2.75, 3.05) is 13.1 Å². The summed E-state index contributed by atoms with van der Waals surface area (Å²) in [6.45, 7) is 13.4. The van der Waals surface area contributed by atoms with E-state index < -0.39 is 34.9 Å². The Labute approximate surface area is 200 Å². The van der Waals surface area contributed by atoms with Gasteiger partial charge < -0.3 is 20.3 Å². The summed E-state index contributed by atoms with van der Waals surface area (Å²) in [5.74, 6) is -2.17. The normalized spacial score (nSPS) is 16.2. The molecule has 2 rings (SSSR count). The van der Waals surface area contributed by atoms with E-state index in [4.69, 9.17) is 4.74 Å². The van der Waals surface area contributed by atoms with Crippen molar-refractivity contribution in [1.29, 1.82) is 0 Å². The molecule has 1 aliphatic rings. The minimum absolute atomic E-state index is 0.216. The highest BCUT2D eigenvalue weighted by Gasteiger charge is 2.35. The van der Waals surface area contributed by atoms with Crippen LogP contribution in [-0.2, 0) is 4.74 Å². The third-order valence-electron chi connectivity index (χ3n) is 5.40. The van der Waals surface area contributed by atoms with Gasteiger partial charge >= 0.3 is 6.09 Å². The molecule has 2 N–H and O–H groups in total.